The summed E-state index contributed by atoms with van der Waals surface area (Å²) in [5.41, 5.74) is 0.339. The first-order valence-electron chi connectivity index (χ1n) is 10.2. The zero-order chi connectivity index (χ0) is 23.1. The molecule has 0 aliphatic rings. The number of aryl methyl sites for hydroxylation is 1. The number of esters is 2. The molecular weight excluding hydrogens is 416 g/mol. The molecule has 1 aromatic heterocycles. The van der Waals surface area contributed by atoms with Crippen molar-refractivity contribution in [1.82, 2.24) is 0 Å². The van der Waals surface area contributed by atoms with Crippen LogP contribution < -0.4 is 14.9 Å². The van der Waals surface area contributed by atoms with E-state index in [1.165, 1.54) is 6.07 Å². The van der Waals surface area contributed by atoms with Gasteiger partial charge in [0.15, 0.2) is 6.61 Å². The summed E-state index contributed by atoms with van der Waals surface area (Å²) in [5, 5.41) is 0.300. The van der Waals surface area contributed by atoms with Crippen molar-refractivity contribution in [2.24, 2.45) is 0 Å². The molecule has 0 saturated heterocycles. The molecule has 0 bridgehead atoms. The van der Waals surface area contributed by atoms with Gasteiger partial charge in [-0.1, -0.05) is 6.92 Å². The second-order valence-electron chi connectivity index (χ2n) is 6.83. The molecule has 1 heterocycles. The normalized spacial score (nSPS) is 10.6. The van der Waals surface area contributed by atoms with Gasteiger partial charge in [-0.05, 0) is 56.7 Å². The molecule has 3 rings (SSSR count). The molecule has 8 heteroatoms. The van der Waals surface area contributed by atoms with E-state index in [2.05, 4.69) is 0 Å². The van der Waals surface area contributed by atoms with Crippen LogP contribution in [0.15, 0.2) is 51.7 Å². The summed E-state index contributed by atoms with van der Waals surface area (Å²) < 4.78 is 26.8. The highest BCUT2D eigenvalue weighted by Gasteiger charge is 2.16. The zero-order valence-electron chi connectivity index (χ0n) is 18.1. The van der Waals surface area contributed by atoms with Crippen molar-refractivity contribution >= 4 is 22.9 Å². The lowest BCUT2D eigenvalue weighted by Gasteiger charge is -2.10. The van der Waals surface area contributed by atoms with Gasteiger partial charge in [0.05, 0.1) is 24.2 Å². The van der Waals surface area contributed by atoms with Gasteiger partial charge in [-0.3, -0.25) is 4.79 Å². The number of benzene rings is 2. The average Bonchev–Trinajstić information content (AvgIpc) is 2.79. The van der Waals surface area contributed by atoms with Crippen LogP contribution in [0.5, 0.6) is 17.2 Å². The molecular formula is C24H24O8. The van der Waals surface area contributed by atoms with Crippen molar-refractivity contribution in [3.05, 3.63) is 64.0 Å². The van der Waals surface area contributed by atoms with E-state index in [1.807, 2.05) is 6.92 Å². The Morgan fingerprint density at radius 3 is 2.38 bits per heavy atom. The van der Waals surface area contributed by atoms with Crippen LogP contribution in [0.1, 0.15) is 36.4 Å². The molecule has 0 radical (unpaired) electrons. The summed E-state index contributed by atoms with van der Waals surface area (Å²) in [6, 6.07) is 10.9. The van der Waals surface area contributed by atoms with Crippen LogP contribution in [0, 0.1) is 6.92 Å². The lowest BCUT2D eigenvalue weighted by atomic mass is 10.2. The highest BCUT2D eigenvalue weighted by Crippen LogP contribution is 2.27. The fourth-order valence-electron chi connectivity index (χ4n) is 2.88. The maximum absolute atomic E-state index is 12.9. The molecule has 168 valence electrons. The van der Waals surface area contributed by atoms with Gasteiger partial charge < -0.3 is 23.4 Å². The van der Waals surface area contributed by atoms with Gasteiger partial charge in [-0.25, -0.2) is 9.59 Å². The molecule has 8 nitrogen and oxygen atoms in total. The SMILES string of the molecule is CCCOC(=O)c1ccc(Oc2c(C)oc3cc(OCC(=O)OCC)ccc3c2=O)cc1. The molecule has 32 heavy (non-hydrogen) atoms. The number of carbonyl (C=O) groups is 2. The lowest BCUT2D eigenvalue weighted by Crippen LogP contribution is -2.14. The molecule has 0 amide bonds. The molecule has 0 N–H and O–H groups in total. The predicted molar refractivity (Wildman–Crippen MR) is 116 cm³/mol. The lowest BCUT2D eigenvalue weighted by molar-refractivity contribution is -0.145. The highest BCUT2D eigenvalue weighted by molar-refractivity contribution is 5.89. The minimum atomic E-state index is -0.487. The van der Waals surface area contributed by atoms with Gasteiger partial charge in [0.25, 0.3) is 0 Å². The number of carbonyl (C=O) groups excluding carboxylic acids is 2. The van der Waals surface area contributed by atoms with Gasteiger partial charge in [-0.2, -0.15) is 0 Å². The van der Waals surface area contributed by atoms with Crippen molar-refractivity contribution in [2.75, 3.05) is 19.8 Å². The van der Waals surface area contributed by atoms with Crippen molar-refractivity contribution in [1.29, 1.82) is 0 Å². The van der Waals surface area contributed by atoms with Crippen LogP contribution in [0.4, 0.5) is 0 Å². The minimum absolute atomic E-state index is 0.0407. The van der Waals surface area contributed by atoms with Gasteiger partial charge in [-0.15, -0.1) is 0 Å². The Hall–Kier alpha value is -3.81. The summed E-state index contributed by atoms with van der Waals surface area (Å²) in [4.78, 5) is 36.3. The summed E-state index contributed by atoms with van der Waals surface area (Å²) in [7, 11) is 0. The van der Waals surface area contributed by atoms with Crippen molar-refractivity contribution in [2.45, 2.75) is 27.2 Å². The van der Waals surface area contributed by atoms with Crippen molar-refractivity contribution in [3.8, 4) is 17.2 Å². The first-order chi connectivity index (χ1) is 15.4. The third-order valence-electron chi connectivity index (χ3n) is 4.40. The summed E-state index contributed by atoms with van der Waals surface area (Å²) in [5.74, 6) is 0.156. The van der Waals surface area contributed by atoms with E-state index in [0.29, 0.717) is 34.6 Å². The van der Waals surface area contributed by atoms with Crippen LogP contribution in [0.3, 0.4) is 0 Å². The van der Waals surface area contributed by atoms with Crippen molar-refractivity contribution in [3.63, 3.8) is 0 Å². The Balaban J connectivity index is 1.79. The largest absolute Gasteiger partial charge is 0.482 e. The topological polar surface area (TPSA) is 101 Å². The number of rotatable bonds is 9. The Labute approximate surface area is 184 Å². The van der Waals surface area contributed by atoms with Crippen LogP contribution in [0.25, 0.3) is 11.0 Å². The number of hydrogen-bond acceptors (Lipinski definition) is 8. The van der Waals surface area contributed by atoms with E-state index in [9.17, 15) is 14.4 Å². The number of hydrogen-bond donors (Lipinski definition) is 0. The van der Waals surface area contributed by atoms with Gasteiger partial charge >= 0.3 is 11.9 Å². The van der Waals surface area contributed by atoms with Crippen molar-refractivity contribution < 1.29 is 33.0 Å². The van der Waals surface area contributed by atoms with E-state index in [-0.39, 0.29) is 30.2 Å². The van der Waals surface area contributed by atoms with Gasteiger partial charge in [0.1, 0.15) is 22.8 Å². The van der Waals surface area contributed by atoms with E-state index in [4.69, 9.17) is 23.4 Å². The fourth-order valence-corrected chi connectivity index (χ4v) is 2.88. The summed E-state index contributed by atoms with van der Waals surface area (Å²) in [6.45, 7) is 5.61. The first kappa shape index (κ1) is 22.9. The molecule has 0 fully saturated rings. The Kier molecular flexibility index (Phi) is 7.49. The van der Waals surface area contributed by atoms with Crippen LogP contribution in [0.2, 0.25) is 0 Å². The monoisotopic (exact) mass is 440 g/mol. The standard InChI is InChI=1S/C24H24O8/c1-4-12-29-24(27)16-6-8-17(9-7-16)32-23-15(3)31-20-13-18(10-11-19(20)22(23)26)30-14-21(25)28-5-2/h6-11,13H,4-5,12,14H2,1-3H3. The minimum Gasteiger partial charge on any atom is -0.482 e. The third kappa shape index (κ3) is 5.46. The van der Waals surface area contributed by atoms with Crippen LogP contribution in [-0.2, 0) is 14.3 Å². The predicted octanol–water partition coefficient (Wildman–Crippen LogP) is 4.40. The van der Waals surface area contributed by atoms with Crippen LogP contribution >= 0.6 is 0 Å². The Morgan fingerprint density at radius 1 is 0.969 bits per heavy atom. The number of fused-ring (bicyclic) bond motifs is 1. The molecule has 0 unspecified atom stereocenters. The van der Waals surface area contributed by atoms with E-state index in [0.717, 1.165) is 6.42 Å². The molecule has 0 aliphatic heterocycles. The Morgan fingerprint density at radius 2 is 1.69 bits per heavy atom. The second kappa shape index (κ2) is 10.5. The highest BCUT2D eigenvalue weighted by atomic mass is 16.6. The van der Waals surface area contributed by atoms with E-state index < -0.39 is 11.9 Å². The maximum Gasteiger partial charge on any atom is 0.344 e. The molecule has 2 aromatic carbocycles. The molecule has 0 atom stereocenters. The third-order valence-corrected chi connectivity index (χ3v) is 4.40. The quantitative estimate of drug-likeness (QED) is 0.451. The summed E-state index contributed by atoms with van der Waals surface area (Å²) >= 11 is 0. The van der Waals surface area contributed by atoms with Gasteiger partial charge in [0.2, 0.25) is 11.2 Å². The van der Waals surface area contributed by atoms with Crippen LogP contribution in [-0.4, -0.2) is 31.8 Å². The second-order valence-corrected chi connectivity index (χ2v) is 6.83. The molecule has 0 aliphatic carbocycles. The van der Waals surface area contributed by atoms with E-state index in [1.54, 1.807) is 50.2 Å². The Bertz CT molecular complexity index is 1160. The zero-order valence-corrected chi connectivity index (χ0v) is 18.1. The summed E-state index contributed by atoms with van der Waals surface area (Å²) in [6.07, 6.45) is 0.739. The number of ether oxygens (including phenoxy) is 4. The average molecular weight is 440 g/mol. The molecule has 3 aromatic rings. The van der Waals surface area contributed by atoms with E-state index >= 15 is 0 Å². The van der Waals surface area contributed by atoms with Gasteiger partial charge in [0, 0.05) is 6.07 Å². The smallest absolute Gasteiger partial charge is 0.344 e. The fraction of sp³-hybridized carbons (Fsp3) is 0.292. The maximum atomic E-state index is 12.9. The molecule has 0 saturated carbocycles. The molecule has 0 spiro atoms. The first-order valence-corrected chi connectivity index (χ1v) is 10.2.